The molecule has 0 radical (unpaired) electrons. The molecule has 0 amide bonds. The van der Waals surface area contributed by atoms with Gasteiger partial charge in [0.05, 0.1) is 22.8 Å². The van der Waals surface area contributed by atoms with Crippen LogP contribution in [0.2, 0.25) is 0 Å². The number of hydrogen-bond acceptors (Lipinski definition) is 5. The summed E-state index contributed by atoms with van der Waals surface area (Å²) in [7, 11) is -3.65. The van der Waals surface area contributed by atoms with Crippen molar-refractivity contribution >= 4 is 10.0 Å². The molecule has 1 saturated carbocycles. The highest BCUT2D eigenvalue weighted by atomic mass is 32.2. The maximum absolute atomic E-state index is 13.7. The van der Waals surface area contributed by atoms with E-state index in [0.717, 1.165) is 61.2 Å². The van der Waals surface area contributed by atoms with Crippen molar-refractivity contribution in [3.8, 4) is 5.75 Å². The average Bonchev–Trinajstić information content (AvgIpc) is 3.30. The summed E-state index contributed by atoms with van der Waals surface area (Å²) in [5.74, 6) is 1.21. The third-order valence-electron chi connectivity index (χ3n) is 10.4. The van der Waals surface area contributed by atoms with Crippen LogP contribution in [0.5, 0.6) is 5.75 Å². The molecule has 222 valence electrons. The van der Waals surface area contributed by atoms with E-state index in [1.807, 2.05) is 42.5 Å². The minimum Gasteiger partial charge on any atom is -0.487 e. The number of rotatable bonds is 9. The monoisotopic (exact) mass is 586 g/mol. The van der Waals surface area contributed by atoms with Crippen molar-refractivity contribution in [1.82, 2.24) is 9.62 Å². The standard InChI is InChI=1S/C35H42N2O4S/c1-24(2)21-26-11-6-7-12-28(26)23-42(39,40)36-29-15-17-35(38)31-22-27-13-8-14-30-32(27)34(35,33(29)41-30)18-20-37(31)19-16-25-9-4-3-5-10-25/h3-14,24,29,31,33,36,38H,15-23H2,1-2H3/t29-,31-,33+,34+,35-/m1/s1. The molecule has 2 N–H and O–H groups in total. The first-order valence-corrected chi connectivity index (χ1v) is 17.2. The Morgan fingerprint density at radius 2 is 1.76 bits per heavy atom. The summed E-state index contributed by atoms with van der Waals surface area (Å²) in [6.45, 7) is 6.05. The van der Waals surface area contributed by atoms with Crippen molar-refractivity contribution in [3.05, 3.63) is 101 Å². The van der Waals surface area contributed by atoms with E-state index in [0.29, 0.717) is 18.8 Å². The first kappa shape index (κ1) is 28.1. The molecule has 5 atom stereocenters. The van der Waals surface area contributed by atoms with Gasteiger partial charge in [-0.3, -0.25) is 4.90 Å². The Morgan fingerprint density at radius 1 is 1.00 bits per heavy atom. The van der Waals surface area contributed by atoms with Crippen LogP contribution in [0.25, 0.3) is 0 Å². The molecule has 42 heavy (non-hydrogen) atoms. The Bertz CT molecular complexity index is 1570. The van der Waals surface area contributed by atoms with Crippen LogP contribution in [0.3, 0.4) is 0 Å². The zero-order chi connectivity index (χ0) is 29.1. The van der Waals surface area contributed by atoms with Crippen molar-refractivity contribution in [1.29, 1.82) is 0 Å². The number of sulfonamides is 1. The number of nitrogens with one attached hydrogen (secondary N) is 1. The van der Waals surface area contributed by atoms with Crippen LogP contribution in [-0.2, 0) is 40.5 Å². The molecule has 3 aromatic rings. The van der Waals surface area contributed by atoms with Crippen LogP contribution >= 0.6 is 0 Å². The molecule has 1 saturated heterocycles. The van der Waals surface area contributed by atoms with Crippen LogP contribution in [0.15, 0.2) is 72.8 Å². The number of benzene rings is 3. The molecule has 0 aromatic heterocycles. The minimum atomic E-state index is -3.65. The number of nitrogens with zero attached hydrogens (tertiary/aromatic N) is 1. The molecule has 2 aliphatic heterocycles. The maximum atomic E-state index is 13.7. The molecular formula is C35H42N2O4S. The van der Waals surface area contributed by atoms with E-state index in [1.165, 1.54) is 11.1 Å². The van der Waals surface area contributed by atoms with Gasteiger partial charge in [0.2, 0.25) is 10.0 Å². The lowest BCUT2D eigenvalue weighted by Crippen LogP contribution is -2.78. The molecule has 2 heterocycles. The van der Waals surface area contributed by atoms with Gasteiger partial charge in [-0.05, 0) is 79.3 Å². The molecule has 2 bridgehead atoms. The smallest absolute Gasteiger partial charge is 0.216 e. The van der Waals surface area contributed by atoms with Gasteiger partial charge in [0.1, 0.15) is 11.9 Å². The fraction of sp³-hybridized carbons (Fsp3) is 0.486. The molecule has 7 heteroatoms. The molecule has 6 nitrogen and oxygen atoms in total. The summed E-state index contributed by atoms with van der Waals surface area (Å²) >= 11 is 0. The topological polar surface area (TPSA) is 78.9 Å². The van der Waals surface area contributed by atoms with E-state index in [1.54, 1.807) is 0 Å². The predicted octanol–water partition coefficient (Wildman–Crippen LogP) is 4.77. The fourth-order valence-corrected chi connectivity index (χ4v) is 10.2. The highest BCUT2D eigenvalue weighted by Crippen LogP contribution is 2.64. The highest BCUT2D eigenvalue weighted by molar-refractivity contribution is 7.88. The Balaban J connectivity index is 1.18. The van der Waals surface area contributed by atoms with Gasteiger partial charge >= 0.3 is 0 Å². The van der Waals surface area contributed by atoms with E-state index in [2.05, 4.69) is 53.8 Å². The number of piperidine rings is 1. The summed E-state index contributed by atoms with van der Waals surface area (Å²) in [6.07, 6.45) is 3.97. The van der Waals surface area contributed by atoms with Gasteiger partial charge in [0.25, 0.3) is 0 Å². The van der Waals surface area contributed by atoms with Crippen molar-refractivity contribution in [2.45, 2.75) is 87.3 Å². The van der Waals surface area contributed by atoms with E-state index in [4.69, 9.17) is 4.74 Å². The Labute approximate surface area is 250 Å². The highest BCUT2D eigenvalue weighted by Gasteiger charge is 2.72. The van der Waals surface area contributed by atoms with Gasteiger partial charge in [0, 0.05) is 18.2 Å². The summed E-state index contributed by atoms with van der Waals surface area (Å²) in [6, 6.07) is 24.2. The van der Waals surface area contributed by atoms with E-state index >= 15 is 0 Å². The third kappa shape index (κ3) is 4.52. The minimum absolute atomic E-state index is 0.0256. The van der Waals surface area contributed by atoms with Crippen LogP contribution in [0.1, 0.15) is 60.9 Å². The Morgan fingerprint density at radius 3 is 2.55 bits per heavy atom. The summed E-state index contributed by atoms with van der Waals surface area (Å²) < 4.78 is 37.2. The lowest BCUT2D eigenvalue weighted by atomic mass is 9.48. The number of likely N-dealkylation sites (tertiary alicyclic amines) is 1. The third-order valence-corrected chi connectivity index (χ3v) is 11.8. The molecule has 4 aliphatic rings. The van der Waals surface area contributed by atoms with E-state index in [-0.39, 0.29) is 11.8 Å². The van der Waals surface area contributed by atoms with Gasteiger partial charge in [-0.25, -0.2) is 13.1 Å². The predicted molar refractivity (Wildman–Crippen MR) is 165 cm³/mol. The lowest BCUT2D eigenvalue weighted by molar-refractivity contribution is -0.189. The van der Waals surface area contributed by atoms with Crippen molar-refractivity contribution < 1.29 is 18.3 Å². The van der Waals surface area contributed by atoms with Gasteiger partial charge in [-0.1, -0.05) is 80.6 Å². The van der Waals surface area contributed by atoms with Crippen LogP contribution < -0.4 is 9.46 Å². The fourth-order valence-electron chi connectivity index (χ4n) is 8.72. The van der Waals surface area contributed by atoms with Crippen molar-refractivity contribution in [2.24, 2.45) is 5.92 Å². The molecule has 2 fully saturated rings. The summed E-state index contributed by atoms with van der Waals surface area (Å²) in [4.78, 5) is 2.49. The zero-order valence-corrected chi connectivity index (χ0v) is 25.4. The first-order chi connectivity index (χ1) is 20.2. The molecular weight excluding hydrogens is 544 g/mol. The second-order valence-corrected chi connectivity index (χ2v) is 15.1. The van der Waals surface area contributed by atoms with Gasteiger partial charge in [-0.2, -0.15) is 0 Å². The van der Waals surface area contributed by atoms with Crippen LogP contribution in [0, 0.1) is 5.92 Å². The normalized spacial score (nSPS) is 29.8. The maximum Gasteiger partial charge on any atom is 0.216 e. The van der Waals surface area contributed by atoms with E-state index in [9.17, 15) is 13.5 Å². The largest absolute Gasteiger partial charge is 0.487 e. The van der Waals surface area contributed by atoms with Crippen LogP contribution in [-0.4, -0.2) is 55.3 Å². The van der Waals surface area contributed by atoms with Crippen LogP contribution in [0.4, 0.5) is 0 Å². The SMILES string of the molecule is CC(C)Cc1ccccc1CS(=O)(=O)N[C@@H]1CC[C@@]2(O)[C@H]3Cc4cccc5c4[C@@]2(CCN3CCc2ccccc2)[C@H]1O5. The average molecular weight is 587 g/mol. The van der Waals surface area contributed by atoms with Crippen molar-refractivity contribution in [2.75, 3.05) is 13.1 Å². The van der Waals surface area contributed by atoms with E-state index < -0.39 is 33.2 Å². The molecule has 0 unspecified atom stereocenters. The van der Waals surface area contributed by atoms with Gasteiger partial charge in [0.15, 0.2) is 0 Å². The molecule has 3 aromatic carbocycles. The summed E-state index contributed by atoms with van der Waals surface area (Å²) in [5.41, 5.74) is 4.01. The quantitative estimate of drug-likeness (QED) is 0.378. The summed E-state index contributed by atoms with van der Waals surface area (Å²) in [5, 5.41) is 12.8. The number of ether oxygens (including phenoxy) is 1. The van der Waals surface area contributed by atoms with Crippen molar-refractivity contribution in [3.63, 3.8) is 0 Å². The lowest BCUT2D eigenvalue weighted by Gasteiger charge is -2.64. The zero-order valence-electron chi connectivity index (χ0n) is 24.6. The Kier molecular flexibility index (Phi) is 7.01. The molecule has 1 spiro atoms. The second kappa shape index (κ2) is 10.5. The Hall–Kier alpha value is -2.71. The molecule has 7 rings (SSSR count). The number of aliphatic hydroxyl groups is 1. The van der Waals surface area contributed by atoms with Gasteiger partial charge < -0.3 is 9.84 Å². The van der Waals surface area contributed by atoms with Gasteiger partial charge in [-0.15, -0.1) is 0 Å². The number of hydrogen-bond donors (Lipinski definition) is 2. The molecule has 2 aliphatic carbocycles. The first-order valence-electron chi connectivity index (χ1n) is 15.6. The second-order valence-electron chi connectivity index (χ2n) is 13.4.